The van der Waals surface area contributed by atoms with E-state index in [1.807, 2.05) is 24.6 Å². The Bertz CT molecular complexity index is 567. The molecule has 0 atom stereocenters. The van der Waals surface area contributed by atoms with Gasteiger partial charge in [-0.05, 0) is 29.6 Å². The van der Waals surface area contributed by atoms with Gasteiger partial charge in [-0.25, -0.2) is 4.79 Å². The van der Waals surface area contributed by atoms with E-state index < -0.39 is 0 Å². The average molecular weight is 276 g/mol. The van der Waals surface area contributed by atoms with Crippen molar-refractivity contribution in [2.45, 2.75) is 6.54 Å². The second kappa shape index (κ2) is 5.75. The standard InChI is InChI=1S/C14H16N2O2S/c1-16(9-11-4-3-7-19-11)13-6-5-10(8-12(13)15)14(17)18-2/h3-8H,9,15H2,1-2H3. The molecule has 0 saturated heterocycles. The summed E-state index contributed by atoms with van der Waals surface area (Å²) in [4.78, 5) is 14.7. The Balaban J connectivity index is 2.18. The van der Waals surface area contributed by atoms with Crippen LogP contribution in [0.1, 0.15) is 15.2 Å². The van der Waals surface area contributed by atoms with Gasteiger partial charge in [0.25, 0.3) is 0 Å². The first-order chi connectivity index (χ1) is 9.11. The second-order valence-electron chi connectivity index (χ2n) is 4.20. The summed E-state index contributed by atoms with van der Waals surface area (Å²) in [6.45, 7) is 0.791. The molecule has 2 rings (SSSR count). The first-order valence-electron chi connectivity index (χ1n) is 5.83. The minimum absolute atomic E-state index is 0.376. The highest BCUT2D eigenvalue weighted by Crippen LogP contribution is 2.25. The Hall–Kier alpha value is -2.01. The molecule has 0 bridgehead atoms. The summed E-state index contributed by atoms with van der Waals surface area (Å²) in [6.07, 6.45) is 0. The molecule has 0 aliphatic heterocycles. The molecule has 0 aliphatic carbocycles. The van der Waals surface area contributed by atoms with Gasteiger partial charge < -0.3 is 15.4 Å². The number of nitrogens with two attached hydrogens (primary N) is 1. The number of esters is 1. The predicted octanol–water partition coefficient (Wildman–Crippen LogP) is 2.75. The third-order valence-corrected chi connectivity index (χ3v) is 3.69. The molecule has 0 fully saturated rings. The number of methoxy groups -OCH3 is 1. The fourth-order valence-corrected chi connectivity index (χ4v) is 2.63. The number of ether oxygens (including phenoxy) is 1. The van der Waals surface area contributed by atoms with E-state index >= 15 is 0 Å². The zero-order valence-electron chi connectivity index (χ0n) is 10.9. The molecule has 0 radical (unpaired) electrons. The molecule has 0 saturated carbocycles. The number of hydrogen-bond donors (Lipinski definition) is 1. The number of benzene rings is 1. The van der Waals surface area contributed by atoms with Crippen LogP contribution in [-0.4, -0.2) is 20.1 Å². The summed E-state index contributed by atoms with van der Waals surface area (Å²) >= 11 is 1.71. The predicted molar refractivity (Wildman–Crippen MR) is 78.6 cm³/mol. The van der Waals surface area contributed by atoms with Crippen LogP contribution in [0.3, 0.4) is 0 Å². The van der Waals surface area contributed by atoms with Crippen LogP contribution in [0.5, 0.6) is 0 Å². The summed E-state index contributed by atoms with van der Waals surface area (Å²) in [5.74, 6) is -0.376. The first-order valence-corrected chi connectivity index (χ1v) is 6.71. The highest BCUT2D eigenvalue weighted by atomic mass is 32.1. The highest BCUT2D eigenvalue weighted by Gasteiger charge is 2.11. The lowest BCUT2D eigenvalue weighted by atomic mass is 10.1. The lowest BCUT2D eigenvalue weighted by Crippen LogP contribution is -2.17. The van der Waals surface area contributed by atoms with Gasteiger partial charge in [0, 0.05) is 11.9 Å². The lowest BCUT2D eigenvalue weighted by Gasteiger charge is -2.20. The van der Waals surface area contributed by atoms with E-state index in [9.17, 15) is 4.79 Å². The van der Waals surface area contributed by atoms with E-state index in [2.05, 4.69) is 15.7 Å². The number of anilines is 2. The topological polar surface area (TPSA) is 55.6 Å². The maximum atomic E-state index is 11.4. The van der Waals surface area contributed by atoms with Crippen LogP contribution < -0.4 is 10.6 Å². The molecule has 0 amide bonds. The van der Waals surface area contributed by atoms with E-state index in [0.717, 1.165) is 12.2 Å². The van der Waals surface area contributed by atoms with Gasteiger partial charge in [0.2, 0.25) is 0 Å². The summed E-state index contributed by atoms with van der Waals surface area (Å²) in [6, 6.07) is 9.32. The van der Waals surface area contributed by atoms with Gasteiger partial charge >= 0.3 is 5.97 Å². The van der Waals surface area contributed by atoms with Crippen LogP contribution in [-0.2, 0) is 11.3 Å². The van der Waals surface area contributed by atoms with Gasteiger partial charge in [0.05, 0.1) is 30.6 Å². The van der Waals surface area contributed by atoms with E-state index in [-0.39, 0.29) is 5.97 Å². The molecule has 1 aromatic carbocycles. The van der Waals surface area contributed by atoms with Crippen LogP contribution in [0.15, 0.2) is 35.7 Å². The van der Waals surface area contributed by atoms with Crippen LogP contribution in [0.25, 0.3) is 0 Å². The quantitative estimate of drug-likeness (QED) is 0.689. The molecule has 0 spiro atoms. The normalized spacial score (nSPS) is 10.2. The van der Waals surface area contributed by atoms with Crippen LogP contribution in [0.4, 0.5) is 11.4 Å². The summed E-state index contributed by atoms with van der Waals surface area (Å²) in [7, 11) is 3.33. The molecule has 2 N–H and O–H groups in total. The van der Waals surface area contributed by atoms with Crippen molar-refractivity contribution in [1.82, 2.24) is 0 Å². The molecule has 1 heterocycles. The molecule has 19 heavy (non-hydrogen) atoms. The number of nitrogen functional groups attached to an aromatic ring is 1. The smallest absolute Gasteiger partial charge is 0.337 e. The molecule has 2 aromatic rings. The Morgan fingerprint density at radius 1 is 1.42 bits per heavy atom. The number of carbonyl (C=O) groups is 1. The zero-order chi connectivity index (χ0) is 13.8. The van der Waals surface area contributed by atoms with Crippen molar-refractivity contribution in [2.24, 2.45) is 0 Å². The van der Waals surface area contributed by atoms with Crippen molar-refractivity contribution in [2.75, 3.05) is 24.8 Å². The first kappa shape index (κ1) is 13.4. The third-order valence-electron chi connectivity index (χ3n) is 2.83. The van der Waals surface area contributed by atoms with Gasteiger partial charge in [-0.2, -0.15) is 0 Å². The second-order valence-corrected chi connectivity index (χ2v) is 5.23. The molecule has 1 aromatic heterocycles. The average Bonchev–Trinajstić information content (AvgIpc) is 2.90. The van der Waals surface area contributed by atoms with Crippen molar-refractivity contribution in [1.29, 1.82) is 0 Å². The molecule has 100 valence electrons. The molecular formula is C14H16N2O2S. The Kier molecular flexibility index (Phi) is 4.06. The molecular weight excluding hydrogens is 260 g/mol. The zero-order valence-corrected chi connectivity index (χ0v) is 11.7. The van der Waals surface area contributed by atoms with E-state index in [1.54, 1.807) is 23.5 Å². The van der Waals surface area contributed by atoms with E-state index in [4.69, 9.17) is 5.73 Å². The number of hydrogen-bond acceptors (Lipinski definition) is 5. The van der Waals surface area contributed by atoms with Crippen molar-refractivity contribution < 1.29 is 9.53 Å². The fourth-order valence-electron chi connectivity index (χ4n) is 1.87. The third kappa shape index (κ3) is 3.06. The fraction of sp³-hybridized carbons (Fsp3) is 0.214. The summed E-state index contributed by atoms with van der Waals surface area (Å²) < 4.78 is 4.67. The van der Waals surface area contributed by atoms with Crippen LogP contribution >= 0.6 is 11.3 Å². The summed E-state index contributed by atoms with van der Waals surface area (Å²) in [5.41, 5.74) is 7.94. The van der Waals surface area contributed by atoms with Crippen LogP contribution in [0.2, 0.25) is 0 Å². The Labute approximate surface area is 116 Å². The van der Waals surface area contributed by atoms with Crippen molar-refractivity contribution in [3.63, 3.8) is 0 Å². The SMILES string of the molecule is COC(=O)c1ccc(N(C)Cc2cccs2)c(N)c1. The maximum absolute atomic E-state index is 11.4. The largest absolute Gasteiger partial charge is 0.465 e. The number of rotatable bonds is 4. The number of carbonyl (C=O) groups excluding carboxylic acids is 1. The van der Waals surface area contributed by atoms with Gasteiger partial charge in [-0.15, -0.1) is 11.3 Å². The minimum atomic E-state index is -0.376. The molecule has 0 aliphatic rings. The summed E-state index contributed by atoms with van der Waals surface area (Å²) in [5, 5.41) is 2.05. The van der Waals surface area contributed by atoms with Gasteiger partial charge in [0.1, 0.15) is 0 Å². The Morgan fingerprint density at radius 3 is 2.79 bits per heavy atom. The van der Waals surface area contributed by atoms with E-state index in [0.29, 0.717) is 11.3 Å². The Morgan fingerprint density at radius 2 is 2.21 bits per heavy atom. The van der Waals surface area contributed by atoms with Crippen molar-refractivity contribution in [3.05, 3.63) is 46.2 Å². The van der Waals surface area contributed by atoms with Gasteiger partial charge in [-0.1, -0.05) is 6.07 Å². The van der Waals surface area contributed by atoms with Crippen molar-refractivity contribution in [3.8, 4) is 0 Å². The molecule has 5 heteroatoms. The number of thiophene rings is 1. The van der Waals surface area contributed by atoms with Crippen LogP contribution in [0, 0.1) is 0 Å². The maximum Gasteiger partial charge on any atom is 0.337 e. The van der Waals surface area contributed by atoms with Crippen molar-refractivity contribution >= 4 is 28.7 Å². The molecule has 0 unspecified atom stereocenters. The lowest BCUT2D eigenvalue weighted by molar-refractivity contribution is 0.0601. The van der Waals surface area contributed by atoms with E-state index in [1.165, 1.54) is 12.0 Å². The number of nitrogens with zero attached hydrogens (tertiary/aromatic N) is 1. The highest BCUT2D eigenvalue weighted by molar-refractivity contribution is 7.09. The van der Waals surface area contributed by atoms with Gasteiger partial charge in [0.15, 0.2) is 0 Å². The minimum Gasteiger partial charge on any atom is -0.465 e. The van der Waals surface area contributed by atoms with Gasteiger partial charge in [-0.3, -0.25) is 0 Å². The molecule has 4 nitrogen and oxygen atoms in total. The monoisotopic (exact) mass is 276 g/mol.